The topological polar surface area (TPSA) is 43.9 Å². The third-order valence-corrected chi connectivity index (χ3v) is 7.27. The first kappa shape index (κ1) is 27.2. The van der Waals surface area contributed by atoms with E-state index in [2.05, 4.69) is 53.4 Å². The Hall–Kier alpha value is -3.86. The first-order valence-corrected chi connectivity index (χ1v) is 13.5. The molecule has 1 fully saturated rings. The Balaban J connectivity index is 1.58. The first-order chi connectivity index (χ1) is 18.3. The van der Waals surface area contributed by atoms with Crippen LogP contribution in [0.25, 0.3) is 17.2 Å². The second kappa shape index (κ2) is 12.6. The lowest BCUT2D eigenvalue weighted by molar-refractivity contribution is -0.124. The predicted octanol–water partition coefficient (Wildman–Crippen LogP) is 6.63. The monoisotopic (exact) mass is 509 g/mol. The van der Waals surface area contributed by atoms with Crippen molar-refractivity contribution in [2.45, 2.75) is 38.6 Å². The Bertz CT molecular complexity index is 1250. The van der Waals surface area contributed by atoms with Crippen molar-refractivity contribution in [3.05, 3.63) is 90.0 Å². The SMILES string of the molecule is CN(C)C(=O)C=Cc1cccc(N(Cc2ccc(-c3ccc(N(C)C)cc3)cc2)C(=O)C2CCCCC2)c1. The second-order valence-electron chi connectivity index (χ2n) is 10.6. The molecule has 1 saturated carbocycles. The van der Waals surface area contributed by atoms with Crippen molar-refractivity contribution in [1.29, 1.82) is 0 Å². The molecule has 0 aliphatic heterocycles. The van der Waals surface area contributed by atoms with Gasteiger partial charge in [0.15, 0.2) is 0 Å². The van der Waals surface area contributed by atoms with Gasteiger partial charge in [0.25, 0.3) is 0 Å². The first-order valence-electron chi connectivity index (χ1n) is 13.5. The van der Waals surface area contributed by atoms with Crippen molar-refractivity contribution in [3.63, 3.8) is 0 Å². The molecule has 0 atom stereocenters. The average molecular weight is 510 g/mol. The maximum Gasteiger partial charge on any atom is 0.246 e. The van der Waals surface area contributed by atoms with Crippen LogP contribution >= 0.6 is 0 Å². The van der Waals surface area contributed by atoms with E-state index in [9.17, 15) is 9.59 Å². The molecule has 1 aliphatic rings. The van der Waals surface area contributed by atoms with Gasteiger partial charge in [-0.25, -0.2) is 0 Å². The summed E-state index contributed by atoms with van der Waals surface area (Å²) in [4.78, 5) is 31.4. The van der Waals surface area contributed by atoms with Gasteiger partial charge in [-0.15, -0.1) is 0 Å². The number of benzene rings is 3. The lowest BCUT2D eigenvalue weighted by Gasteiger charge is -2.30. The van der Waals surface area contributed by atoms with E-state index >= 15 is 0 Å². The smallest absolute Gasteiger partial charge is 0.246 e. The summed E-state index contributed by atoms with van der Waals surface area (Å²) in [5.41, 5.74) is 6.35. The number of hydrogen-bond acceptors (Lipinski definition) is 3. The van der Waals surface area contributed by atoms with Gasteiger partial charge in [-0.3, -0.25) is 9.59 Å². The number of amides is 2. The van der Waals surface area contributed by atoms with Crippen molar-refractivity contribution in [2.24, 2.45) is 5.92 Å². The molecule has 198 valence electrons. The summed E-state index contributed by atoms with van der Waals surface area (Å²) in [6.45, 7) is 0.513. The van der Waals surface area contributed by atoms with Crippen LogP contribution < -0.4 is 9.80 Å². The molecule has 1 aliphatic carbocycles. The number of carbonyl (C=O) groups excluding carboxylic acids is 2. The van der Waals surface area contributed by atoms with E-state index in [0.717, 1.165) is 48.1 Å². The molecule has 4 rings (SSSR count). The van der Waals surface area contributed by atoms with Crippen LogP contribution in [-0.4, -0.2) is 44.9 Å². The van der Waals surface area contributed by atoms with E-state index in [4.69, 9.17) is 0 Å². The fraction of sp³-hybridized carbons (Fsp3) is 0.333. The fourth-order valence-corrected chi connectivity index (χ4v) is 4.92. The Morgan fingerprint density at radius 2 is 1.42 bits per heavy atom. The summed E-state index contributed by atoms with van der Waals surface area (Å²) < 4.78 is 0. The molecular weight excluding hydrogens is 470 g/mol. The highest BCUT2D eigenvalue weighted by atomic mass is 16.2. The van der Waals surface area contributed by atoms with Gasteiger partial charge < -0.3 is 14.7 Å². The maximum atomic E-state index is 13.8. The van der Waals surface area contributed by atoms with Crippen LogP contribution in [0, 0.1) is 5.92 Å². The van der Waals surface area contributed by atoms with Crippen LogP contribution in [0.5, 0.6) is 0 Å². The summed E-state index contributed by atoms with van der Waals surface area (Å²) in [7, 11) is 7.55. The number of nitrogens with zero attached hydrogens (tertiary/aromatic N) is 3. The van der Waals surface area contributed by atoms with Gasteiger partial charge in [-0.05, 0) is 65.4 Å². The molecule has 0 heterocycles. The van der Waals surface area contributed by atoms with Gasteiger partial charge in [-0.1, -0.05) is 67.8 Å². The van der Waals surface area contributed by atoms with Crippen molar-refractivity contribution < 1.29 is 9.59 Å². The van der Waals surface area contributed by atoms with Crippen molar-refractivity contribution in [2.75, 3.05) is 38.0 Å². The van der Waals surface area contributed by atoms with E-state index in [0.29, 0.717) is 6.54 Å². The molecule has 5 heteroatoms. The van der Waals surface area contributed by atoms with Crippen molar-refractivity contribution in [3.8, 4) is 11.1 Å². The number of anilines is 2. The Labute approximate surface area is 227 Å². The highest BCUT2D eigenvalue weighted by molar-refractivity contribution is 5.96. The third kappa shape index (κ3) is 6.91. The summed E-state index contributed by atoms with van der Waals surface area (Å²) in [5.74, 6) is 0.188. The zero-order chi connectivity index (χ0) is 27.1. The van der Waals surface area contributed by atoms with Crippen molar-refractivity contribution >= 4 is 29.3 Å². The minimum absolute atomic E-state index is 0.0627. The third-order valence-electron chi connectivity index (χ3n) is 7.27. The zero-order valence-electron chi connectivity index (χ0n) is 23.1. The predicted molar refractivity (Wildman–Crippen MR) is 158 cm³/mol. The fourth-order valence-electron chi connectivity index (χ4n) is 4.92. The Morgan fingerprint density at radius 3 is 2.03 bits per heavy atom. The van der Waals surface area contributed by atoms with E-state index < -0.39 is 0 Å². The van der Waals surface area contributed by atoms with Gasteiger partial charge in [0.1, 0.15) is 0 Å². The maximum absolute atomic E-state index is 13.8. The number of carbonyl (C=O) groups is 2. The number of rotatable bonds is 8. The number of hydrogen-bond donors (Lipinski definition) is 0. The van der Waals surface area contributed by atoms with E-state index in [1.807, 2.05) is 49.3 Å². The Kier molecular flexibility index (Phi) is 9.01. The Morgan fingerprint density at radius 1 is 0.789 bits per heavy atom. The largest absolute Gasteiger partial charge is 0.378 e. The van der Waals surface area contributed by atoms with Crippen LogP contribution in [0.15, 0.2) is 78.9 Å². The molecule has 0 saturated heterocycles. The molecule has 5 nitrogen and oxygen atoms in total. The highest BCUT2D eigenvalue weighted by Crippen LogP contribution is 2.30. The second-order valence-corrected chi connectivity index (χ2v) is 10.6. The standard InChI is InChI=1S/C33H39N3O2/c1-34(2)30-20-18-28(19-21-30)27-16-13-26(14-17-27)24-36(33(38)29-10-6-5-7-11-29)31-12-8-9-25(23-31)15-22-32(37)35(3)4/h8-9,12-23,29H,5-7,10-11,24H2,1-4H3. The summed E-state index contributed by atoms with van der Waals surface area (Å²) in [6.07, 6.45) is 8.72. The van der Waals surface area contributed by atoms with Crippen LogP contribution in [0.2, 0.25) is 0 Å². The van der Waals surface area contributed by atoms with Gasteiger partial charge in [0, 0.05) is 51.6 Å². The van der Waals surface area contributed by atoms with Gasteiger partial charge in [0.05, 0.1) is 6.54 Å². The van der Waals surface area contributed by atoms with Crippen LogP contribution in [0.4, 0.5) is 11.4 Å². The zero-order valence-corrected chi connectivity index (χ0v) is 23.1. The molecule has 38 heavy (non-hydrogen) atoms. The van der Waals surface area contributed by atoms with E-state index in [1.54, 1.807) is 25.1 Å². The molecule has 2 amide bonds. The summed E-state index contributed by atoms with van der Waals surface area (Å²) in [6, 6.07) is 25.0. The molecule has 0 unspecified atom stereocenters. The summed E-state index contributed by atoms with van der Waals surface area (Å²) >= 11 is 0. The van der Waals surface area contributed by atoms with Crippen LogP contribution in [-0.2, 0) is 16.1 Å². The molecule has 0 aromatic heterocycles. The average Bonchev–Trinajstić information content (AvgIpc) is 2.95. The molecular formula is C33H39N3O2. The molecule has 0 bridgehead atoms. The highest BCUT2D eigenvalue weighted by Gasteiger charge is 2.27. The molecule has 0 spiro atoms. The lowest BCUT2D eigenvalue weighted by Crippen LogP contribution is -2.36. The van der Waals surface area contributed by atoms with Crippen LogP contribution in [0.3, 0.4) is 0 Å². The molecule has 3 aromatic carbocycles. The van der Waals surface area contributed by atoms with Crippen molar-refractivity contribution in [1.82, 2.24) is 4.90 Å². The number of likely N-dealkylation sites (N-methyl/N-ethyl adjacent to an activating group) is 1. The van der Waals surface area contributed by atoms with E-state index in [1.165, 1.54) is 17.7 Å². The molecule has 3 aromatic rings. The van der Waals surface area contributed by atoms with Gasteiger partial charge in [-0.2, -0.15) is 0 Å². The molecule has 0 N–H and O–H groups in total. The summed E-state index contributed by atoms with van der Waals surface area (Å²) in [5, 5.41) is 0. The van der Waals surface area contributed by atoms with Gasteiger partial charge >= 0.3 is 0 Å². The minimum atomic E-state index is -0.0676. The lowest BCUT2D eigenvalue weighted by atomic mass is 9.88. The quantitative estimate of drug-likeness (QED) is 0.320. The normalized spacial score (nSPS) is 13.9. The van der Waals surface area contributed by atoms with Crippen LogP contribution in [0.1, 0.15) is 43.2 Å². The minimum Gasteiger partial charge on any atom is -0.378 e. The molecule has 0 radical (unpaired) electrons. The van der Waals surface area contributed by atoms with E-state index in [-0.39, 0.29) is 17.7 Å². The van der Waals surface area contributed by atoms with Gasteiger partial charge in [0.2, 0.25) is 11.8 Å².